The molecule has 0 atom stereocenters. The monoisotopic (exact) mass is 1020 g/mol. The van der Waals surface area contributed by atoms with E-state index in [1.807, 2.05) is 41.0 Å². The van der Waals surface area contributed by atoms with Gasteiger partial charge in [-0.15, -0.1) is 0 Å². The zero-order chi connectivity index (χ0) is 56.6. The molecule has 0 bridgehead atoms. The van der Waals surface area contributed by atoms with E-state index < -0.39 is 6.85 Å². The van der Waals surface area contributed by atoms with Crippen molar-refractivity contribution in [3.05, 3.63) is 241 Å². The second-order valence-electron chi connectivity index (χ2n) is 24.0. The van der Waals surface area contributed by atoms with Crippen LogP contribution in [-0.4, -0.2) is 16.2 Å². The van der Waals surface area contributed by atoms with Crippen molar-refractivity contribution in [2.75, 3.05) is 16.5 Å². The highest BCUT2D eigenvalue weighted by Gasteiger charge is 2.33. The Labute approximate surface area is 465 Å². The van der Waals surface area contributed by atoms with Crippen LogP contribution in [0.5, 0.6) is 11.5 Å². The van der Waals surface area contributed by atoms with Crippen LogP contribution in [0.15, 0.2) is 219 Å². The van der Waals surface area contributed by atoms with Crippen LogP contribution in [0, 0.1) is 6.85 Å². The highest BCUT2D eigenvalue weighted by Crippen LogP contribution is 2.52. The molecule has 78 heavy (non-hydrogen) atoms. The molecule has 5 heteroatoms. The number of aromatic nitrogens is 2. The van der Waals surface area contributed by atoms with Crippen LogP contribution in [0.25, 0.3) is 72.1 Å². The molecule has 0 amide bonds. The zero-order valence-corrected chi connectivity index (χ0v) is 46.2. The van der Waals surface area contributed by atoms with E-state index in [1.54, 1.807) is 18.3 Å². The van der Waals surface area contributed by atoms with Crippen molar-refractivity contribution in [2.45, 2.75) is 85.4 Å². The van der Waals surface area contributed by atoms with E-state index in [2.05, 4.69) is 236 Å². The summed E-state index contributed by atoms with van der Waals surface area (Å²) in [6.45, 7) is 18.8. The summed E-state index contributed by atoms with van der Waals surface area (Å²) in [5.74, 6) is 1.84. The first-order valence-electron chi connectivity index (χ1n) is 28.7. The fraction of sp³-hybridized carbons (Fsp3) is 0.192. The Kier molecular flexibility index (Phi) is 11.6. The molecule has 0 saturated heterocycles. The Bertz CT molecular complexity index is 4160. The number of ether oxygens (including phenoxy) is 1. The number of rotatable bonds is 9. The molecule has 0 spiro atoms. The van der Waals surface area contributed by atoms with E-state index in [-0.39, 0.29) is 21.8 Å². The van der Waals surface area contributed by atoms with Crippen molar-refractivity contribution in [1.29, 1.82) is 0 Å². The molecule has 0 aliphatic carbocycles. The molecule has 5 nitrogen and oxygen atoms in total. The molecule has 2 aromatic heterocycles. The Balaban J connectivity index is 1.01. The number of nitrogens with zero attached hydrogens (tertiary/aromatic N) is 4. The molecule has 11 aromatic rings. The minimum atomic E-state index is -2.29. The summed E-state index contributed by atoms with van der Waals surface area (Å²) in [6.07, 6.45) is 1.57. The smallest absolute Gasteiger partial charge is 0.137 e. The minimum Gasteiger partial charge on any atom is -0.457 e. The lowest BCUT2D eigenvalue weighted by Crippen LogP contribution is -2.25. The van der Waals surface area contributed by atoms with E-state index in [0.29, 0.717) is 24.0 Å². The Morgan fingerprint density at radius 1 is 0.423 bits per heavy atom. The third-order valence-corrected chi connectivity index (χ3v) is 15.5. The van der Waals surface area contributed by atoms with Gasteiger partial charge in [0.25, 0.3) is 0 Å². The van der Waals surface area contributed by atoms with E-state index in [4.69, 9.17) is 13.8 Å². The molecule has 0 N–H and O–H groups in total. The van der Waals surface area contributed by atoms with Crippen molar-refractivity contribution in [3.63, 3.8) is 0 Å². The van der Waals surface area contributed by atoms with Gasteiger partial charge >= 0.3 is 0 Å². The van der Waals surface area contributed by atoms with Crippen LogP contribution in [0.2, 0.25) is 0 Å². The summed E-state index contributed by atoms with van der Waals surface area (Å²) < 4.78 is 33.7. The summed E-state index contributed by atoms with van der Waals surface area (Å²) in [5.41, 5.74) is 19.2. The minimum absolute atomic E-state index is 0.0587. The van der Waals surface area contributed by atoms with Gasteiger partial charge in [0.05, 0.1) is 28.1 Å². The van der Waals surface area contributed by atoms with Gasteiger partial charge < -0.3 is 14.5 Å². The first kappa shape index (κ1) is 46.6. The highest BCUT2D eigenvalue weighted by atomic mass is 16.5. The Morgan fingerprint density at radius 2 is 1.03 bits per heavy atom. The molecule has 1 aliphatic rings. The molecule has 3 heterocycles. The van der Waals surface area contributed by atoms with Crippen molar-refractivity contribution in [3.8, 4) is 61.8 Å². The van der Waals surface area contributed by atoms with Crippen LogP contribution < -0.4 is 14.5 Å². The second kappa shape index (κ2) is 19.4. The Morgan fingerprint density at radius 3 is 1.73 bits per heavy atom. The maximum atomic E-state index is 8.20. The van der Waals surface area contributed by atoms with Gasteiger partial charge in [-0.1, -0.05) is 196 Å². The van der Waals surface area contributed by atoms with Crippen molar-refractivity contribution >= 4 is 44.6 Å². The van der Waals surface area contributed by atoms with Crippen molar-refractivity contribution < 1.29 is 8.85 Å². The van der Waals surface area contributed by atoms with Crippen LogP contribution >= 0.6 is 0 Å². The quantitative estimate of drug-likeness (QED) is 0.144. The van der Waals surface area contributed by atoms with E-state index in [0.717, 1.165) is 61.2 Å². The molecule has 0 fully saturated rings. The molecule has 0 saturated carbocycles. The molecule has 12 rings (SSSR count). The first-order chi connectivity index (χ1) is 38.7. The largest absolute Gasteiger partial charge is 0.457 e. The summed E-state index contributed by atoms with van der Waals surface area (Å²) in [4.78, 5) is 9.65. The number of hydrogen-bond donors (Lipinski definition) is 0. The molecule has 386 valence electrons. The number of para-hydroxylation sites is 3. The van der Waals surface area contributed by atoms with E-state index >= 15 is 0 Å². The molecular formula is C73H68N4O. The fourth-order valence-electron chi connectivity index (χ4n) is 11.1. The van der Waals surface area contributed by atoms with Crippen LogP contribution in [0.3, 0.4) is 0 Å². The third-order valence-electron chi connectivity index (χ3n) is 15.5. The topological polar surface area (TPSA) is 33.5 Å². The second-order valence-corrected chi connectivity index (χ2v) is 24.0. The molecule has 1 aliphatic heterocycles. The average Bonchev–Trinajstić information content (AvgIpc) is 4.26. The van der Waals surface area contributed by atoms with Gasteiger partial charge in [0.15, 0.2) is 0 Å². The van der Waals surface area contributed by atoms with E-state index in [1.165, 1.54) is 44.5 Å². The fourth-order valence-corrected chi connectivity index (χ4v) is 11.1. The van der Waals surface area contributed by atoms with Gasteiger partial charge in [0.2, 0.25) is 0 Å². The van der Waals surface area contributed by atoms with Gasteiger partial charge in [-0.25, -0.2) is 4.98 Å². The number of anilines is 4. The summed E-state index contributed by atoms with van der Waals surface area (Å²) >= 11 is 0. The number of pyridine rings is 1. The molecule has 0 unspecified atom stereocenters. The normalized spacial score (nSPS) is 13.6. The number of benzene rings is 9. The van der Waals surface area contributed by atoms with Gasteiger partial charge in [0, 0.05) is 50.0 Å². The van der Waals surface area contributed by atoms with Crippen molar-refractivity contribution in [2.24, 2.45) is 0 Å². The summed E-state index contributed by atoms with van der Waals surface area (Å²) in [6, 6.07) is 75.5. The predicted octanol–water partition coefficient (Wildman–Crippen LogP) is 20.1. The molecule has 0 radical (unpaired) electrons. The lowest BCUT2D eigenvalue weighted by atomic mass is 9.80. The van der Waals surface area contributed by atoms with Gasteiger partial charge in [-0.2, -0.15) is 0 Å². The third kappa shape index (κ3) is 9.53. The highest BCUT2D eigenvalue weighted by molar-refractivity contribution is 6.09. The Hall–Kier alpha value is -8.67. The number of fused-ring (bicyclic) bond motifs is 4. The first-order valence-corrected chi connectivity index (χ1v) is 27.2. The van der Waals surface area contributed by atoms with Gasteiger partial charge in [0.1, 0.15) is 24.0 Å². The standard InChI is InChI=1S/C73H68N4O/c1-48-37-38-74-69(39-48)77-65-24-15-14-23-61(65)62-36-35-59(46-68(62)77)78-60-42-54(49-19-12-11-13-20-49)41-58(45-60)75-47-76(67-26-17-16-25-66(67)75)70-63(52-29-27-50(28-30-52)51-31-33-55(34-32-51)71(2,3)4)43-57(73(8,9)10)44-64(70)53-21-18-22-56(40-53)72(5,6)7/h11-46H,47H2,1-10H3/i1D3. The van der Waals surface area contributed by atoms with Crippen molar-refractivity contribution in [1.82, 2.24) is 9.55 Å². The number of hydrogen-bond acceptors (Lipinski definition) is 4. The zero-order valence-electron chi connectivity index (χ0n) is 49.2. The van der Waals surface area contributed by atoms with Gasteiger partial charge in [-0.05, 0) is 145 Å². The number of aryl methyl sites for hydroxylation is 1. The molecular weight excluding hydrogens is 949 g/mol. The lowest BCUT2D eigenvalue weighted by Gasteiger charge is -2.31. The molecule has 9 aromatic carbocycles. The summed E-state index contributed by atoms with van der Waals surface area (Å²) in [7, 11) is 0. The van der Waals surface area contributed by atoms with Crippen LogP contribution in [0.1, 0.15) is 88.7 Å². The maximum Gasteiger partial charge on any atom is 0.137 e. The van der Waals surface area contributed by atoms with E-state index in [9.17, 15) is 0 Å². The average molecular weight is 1020 g/mol. The van der Waals surface area contributed by atoms with Crippen LogP contribution in [0.4, 0.5) is 22.7 Å². The maximum absolute atomic E-state index is 8.20. The lowest BCUT2D eigenvalue weighted by molar-refractivity contribution is 0.483. The van der Waals surface area contributed by atoms with Crippen LogP contribution in [-0.2, 0) is 16.2 Å². The summed E-state index contributed by atoms with van der Waals surface area (Å²) in [5, 5.41) is 2.04. The SMILES string of the molecule is [2H]C([2H])([2H])c1ccnc(-n2c3ccccc3c3ccc(Oc4cc(-c5ccccc5)cc(N5CN(c6c(-c7ccc(-c8ccc(C(C)(C)C)cc8)cc7)cc(C(C)(C)C)cc6-c6cccc(C(C)(C)C)c6)c6ccccc65)c4)cc32)c1. The van der Waals surface area contributed by atoms with Gasteiger partial charge in [-0.3, -0.25) is 4.57 Å². The predicted molar refractivity (Wildman–Crippen MR) is 330 cm³/mol.